The molecule has 42 heteroatoms. The number of nitrogens with one attached hydrogen (secondary N) is 7. The third-order valence-corrected chi connectivity index (χ3v) is 24.9. The molecule has 0 radical (unpaired) electrons. The standard InChI is InChI=1S/C83H111N17O22S3/c1-50-37-56-45-90-60-42-66(64(114-7)40-58(60)77(108)99(56)46-50)120-26-8-25-119-65-41-59(84)57(39-63(65)113-6)76(107)100-47-51(2)38-62(100)79-98(24-29-121-79)82(112)122-49-83(4,5)125-124-36-18-70(103)87-20-19-86-69(102)17-27-115-30-32-117-34-35-118-33-31-116-28-21-88-68(101)16-23-97-22-15-67(78(97)109)123-48-61(80(110)111)94-71(104)14-9-52(3)92-74(105)53-10-12-54(13-11-53)89-43-55-44-91-73-72(93-55)75(106)96-81(85)95-73/h10-13,39-42,44-45,52,56,61-62,67,79,89H,1-2,8-9,14-38,43,46-49,84H2,3-7H3,(H,86,102)(H,87,103)(H,88,101)(H,92,105)(H,94,104)(H,110,111)(H3,85,91,95,96,106)/t52-,56+,61+,62+,67?,79?/m1/s1. The summed E-state index contributed by atoms with van der Waals surface area (Å²) < 4.78 is 57.0. The maximum Gasteiger partial charge on any atom is 0.412 e. The van der Waals surface area contributed by atoms with Crippen LogP contribution in [0.2, 0.25) is 0 Å². The lowest BCUT2D eigenvalue weighted by molar-refractivity contribution is -0.141. The molecule has 12 N–H and O–H groups in total. The van der Waals surface area contributed by atoms with Gasteiger partial charge in [0.1, 0.15) is 12.6 Å². The number of benzene rings is 3. The van der Waals surface area contributed by atoms with Crippen LogP contribution in [0.3, 0.4) is 0 Å². The molecule has 5 aromatic rings. The third kappa shape index (κ3) is 29.0. The Morgan fingerprint density at radius 3 is 2.11 bits per heavy atom. The van der Waals surface area contributed by atoms with Crippen LogP contribution in [0.25, 0.3) is 11.2 Å². The number of nitrogens with two attached hydrogens (primary N) is 2. The van der Waals surface area contributed by atoms with E-state index in [0.717, 1.165) is 22.9 Å². The summed E-state index contributed by atoms with van der Waals surface area (Å²) in [5.41, 5.74) is 16.3. The van der Waals surface area contributed by atoms with Crippen molar-refractivity contribution in [3.8, 4) is 23.0 Å². The summed E-state index contributed by atoms with van der Waals surface area (Å²) >= 11 is 1.14. The second-order valence-electron chi connectivity index (χ2n) is 30.5. The first-order valence-corrected chi connectivity index (χ1v) is 44.5. The minimum Gasteiger partial charge on any atom is -0.493 e. The predicted octanol–water partition coefficient (Wildman–Crippen LogP) is 4.65. The van der Waals surface area contributed by atoms with E-state index in [1.165, 1.54) is 59.0 Å². The summed E-state index contributed by atoms with van der Waals surface area (Å²) in [5, 5.41) is 26.2. The number of carbonyl (C=O) groups is 10. The van der Waals surface area contributed by atoms with E-state index in [2.05, 4.69) is 70.0 Å². The van der Waals surface area contributed by atoms with E-state index in [1.807, 2.05) is 13.8 Å². The van der Waals surface area contributed by atoms with Gasteiger partial charge < -0.3 is 111 Å². The monoisotopic (exact) mass is 1790 g/mol. The first-order valence-electron chi connectivity index (χ1n) is 41.1. The first kappa shape index (κ1) is 96.2. The molecule has 5 aliphatic rings. The van der Waals surface area contributed by atoms with E-state index < -0.39 is 63.8 Å². The van der Waals surface area contributed by atoms with Crippen molar-refractivity contribution in [2.75, 3.05) is 174 Å². The topological polar surface area (TPSA) is 504 Å². The number of aliphatic imine (C=N–C) groups is 1. The van der Waals surface area contributed by atoms with Crippen LogP contribution in [-0.4, -0.2) is 308 Å². The largest absolute Gasteiger partial charge is 0.493 e. The molecule has 3 aromatic carbocycles. The van der Waals surface area contributed by atoms with Gasteiger partial charge in [0.2, 0.25) is 35.5 Å². The Bertz CT molecular complexity index is 4740. The molecule has 10 rings (SSSR count). The highest BCUT2D eigenvalue weighted by molar-refractivity contribution is 8.77. The molecule has 6 atom stereocenters. The summed E-state index contributed by atoms with van der Waals surface area (Å²) in [6.45, 7) is 19.2. The molecule has 39 nitrogen and oxygen atoms in total. The Balaban J connectivity index is 0.488. The minimum absolute atomic E-state index is 0.0476. The summed E-state index contributed by atoms with van der Waals surface area (Å²) in [6, 6.07) is 10.6. The number of carbonyl (C=O) groups excluding carboxylic acids is 9. The van der Waals surface area contributed by atoms with Crippen LogP contribution in [0.15, 0.2) is 88.8 Å². The van der Waals surface area contributed by atoms with Gasteiger partial charge in [0, 0.05) is 131 Å². The molecular formula is C83H111N17O22S3. The minimum atomic E-state index is -1.26. The molecule has 0 bridgehead atoms. The summed E-state index contributed by atoms with van der Waals surface area (Å²) in [6.07, 6.45) is 4.33. The molecular weight excluding hydrogens is 1680 g/mol. The second kappa shape index (κ2) is 47.9. The zero-order valence-electron chi connectivity index (χ0n) is 70.8. The van der Waals surface area contributed by atoms with Crippen LogP contribution in [-0.2, 0) is 63.7 Å². The van der Waals surface area contributed by atoms with Gasteiger partial charge in [-0.05, 0) is 82.9 Å². The number of ether oxygens (including phenoxy) is 10. The number of fused-ring (bicyclic) bond motifs is 3. The molecule has 5 aliphatic heterocycles. The fourth-order valence-corrected chi connectivity index (χ4v) is 17.3. The highest BCUT2D eigenvalue weighted by atomic mass is 33.1. The van der Waals surface area contributed by atoms with Crippen LogP contribution in [0, 0.1) is 0 Å². The van der Waals surface area contributed by atoms with Crippen LogP contribution in [0.1, 0.15) is 115 Å². The SMILES string of the molecule is C=C1C[C@H]2C=Nc3cc(OCCCOc4cc(N)c(C(=O)N5CC(=C)C[C@H]5C5OCCN5C(=O)OCC(C)(C)SSCCC(=O)NCCNC(=O)CCOCCOCCOCCOCCNC(=O)CCN5CCC(SC[C@H](NC(=O)CC[C@@H](C)NC(=O)c6ccc(NCc7cnc8nc(N)[nH]c(=O)c8n7)cc6)C(=O)O)C5=O)cc4OC)c(OC)cc3C(=O)N2C1. The Hall–Kier alpha value is -11.0. The van der Waals surface area contributed by atoms with E-state index in [0.29, 0.717) is 116 Å². The molecule has 2 unspecified atom stereocenters. The predicted molar refractivity (Wildman–Crippen MR) is 469 cm³/mol. The average Bonchev–Trinajstić information content (AvgIpc) is 1.58. The number of methoxy groups -OCH3 is 2. The van der Waals surface area contributed by atoms with Gasteiger partial charge in [0.25, 0.3) is 23.3 Å². The molecule has 0 aliphatic carbocycles. The number of anilines is 3. The molecule has 0 saturated carbocycles. The zero-order valence-corrected chi connectivity index (χ0v) is 73.2. The number of aromatic nitrogens is 4. The van der Waals surface area contributed by atoms with E-state index in [-0.39, 0.29) is 212 Å². The molecule has 9 amide bonds. The number of likely N-dealkylation sites (tertiary alicyclic amines) is 2. The zero-order chi connectivity index (χ0) is 89.5. The van der Waals surface area contributed by atoms with Gasteiger partial charge in [-0.15, -0.1) is 11.8 Å². The number of hydrogen-bond acceptors (Lipinski definition) is 31. The summed E-state index contributed by atoms with van der Waals surface area (Å²) in [5.74, 6) is -1.81. The number of thioether (sulfide) groups is 1. The van der Waals surface area contributed by atoms with Gasteiger partial charge in [-0.3, -0.25) is 58.0 Å². The van der Waals surface area contributed by atoms with Crippen molar-refractivity contribution >= 4 is 133 Å². The lowest BCUT2D eigenvalue weighted by Gasteiger charge is -2.33. The van der Waals surface area contributed by atoms with Crippen LogP contribution in [0.5, 0.6) is 23.0 Å². The van der Waals surface area contributed by atoms with Crippen LogP contribution < -0.4 is 67.9 Å². The quantitative estimate of drug-likeness (QED) is 0.0110. The summed E-state index contributed by atoms with van der Waals surface area (Å²) in [7, 11) is 5.91. The number of aromatic amines is 1. The van der Waals surface area contributed by atoms with Gasteiger partial charge in [0.15, 0.2) is 40.4 Å². The fraction of sp³-hybridized carbons (Fsp3) is 0.530. The van der Waals surface area contributed by atoms with Crippen molar-refractivity contribution in [2.45, 2.75) is 125 Å². The second-order valence-corrected chi connectivity index (χ2v) is 34.9. The lowest BCUT2D eigenvalue weighted by Crippen LogP contribution is -2.51. The van der Waals surface area contributed by atoms with Crippen molar-refractivity contribution in [1.29, 1.82) is 0 Å². The van der Waals surface area contributed by atoms with Crippen molar-refractivity contribution in [3.05, 3.63) is 112 Å². The van der Waals surface area contributed by atoms with Crippen LogP contribution >= 0.6 is 33.3 Å². The number of hydrogen-bond donors (Lipinski definition) is 10. The smallest absolute Gasteiger partial charge is 0.412 e. The van der Waals surface area contributed by atoms with Crippen molar-refractivity contribution in [2.24, 2.45) is 4.99 Å². The molecule has 7 heterocycles. The van der Waals surface area contributed by atoms with Gasteiger partial charge >= 0.3 is 12.1 Å². The van der Waals surface area contributed by atoms with Gasteiger partial charge in [-0.1, -0.05) is 45.9 Å². The number of H-pyrrole nitrogens is 1. The molecule has 2 aromatic heterocycles. The van der Waals surface area contributed by atoms with Gasteiger partial charge in [-0.25, -0.2) is 19.6 Å². The third-order valence-electron chi connectivity index (χ3n) is 20.3. The van der Waals surface area contributed by atoms with E-state index >= 15 is 0 Å². The lowest BCUT2D eigenvalue weighted by atomic mass is 10.1. The maximum absolute atomic E-state index is 14.4. The van der Waals surface area contributed by atoms with Gasteiger partial charge in [0.05, 0.1) is 151 Å². The Morgan fingerprint density at radius 1 is 0.736 bits per heavy atom. The summed E-state index contributed by atoms with van der Waals surface area (Å²) in [4.78, 5) is 168. The normalized spacial score (nSPS) is 17.2. The Kier molecular flexibility index (Phi) is 36.9. The Labute approximate surface area is 735 Å². The first-order chi connectivity index (χ1) is 60.1. The molecule has 678 valence electrons. The number of nitrogens with zero attached hydrogens (tertiary/aromatic N) is 8. The van der Waals surface area contributed by atoms with E-state index in [1.54, 1.807) is 64.2 Å². The van der Waals surface area contributed by atoms with Crippen molar-refractivity contribution in [3.63, 3.8) is 0 Å². The number of aliphatic carboxylic acids is 1. The number of carboxylic acids is 1. The highest BCUT2D eigenvalue weighted by Crippen LogP contribution is 2.41. The van der Waals surface area contributed by atoms with E-state index in [9.17, 15) is 57.8 Å². The number of carboxylic acid groups (broad SMARTS) is 1. The highest BCUT2D eigenvalue weighted by Gasteiger charge is 2.46. The number of nitrogen functional groups attached to an aromatic ring is 2. The molecule has 4 saturated heterocycles. The number of rotatable bonds is 51. The molecule has 0 spiro atoms. The maximum atomic E-state index is 14.4. The Morgan fingerprint density at radius 2 is 1.40 bits per heavy atom. The van der Waals surface area contributed by atoms with Gasteiger partial charge in [-0.2, -0.15) is 4.98 Å². The number of amides is 9. The van der Waals surface area contributed by atoms with Crippen LogP contribution in [0.4, 0.5) is 27.8 Å². The van der Waals surface area contributed by atoms with E-state index in [4.69, 9.17) is 58.8 Å². The average molecular weight is 1800 g/mol. The van der Waals surface area contributed by atoms with Crippen molar-refractivity contribution < 1.29 is 100 Å². The van der Waals surface area contributed by atoms with Crippen molar-refractivity contribution in [1.82, 2.24) is 66.1 Å². The fourth-order valence-electron chi connectivity index (χ4n) is 13.8. The molecule has 125 heavy (non-hydrogen) atoms. The molecule has 4 fully saturated rings.